The Labute approximate surface area is 108 Å². The maximum absolute atomic E-state index is 5.58. The van der Waals surface area contributed by atoms with Gasteiger partial charge in [0.15, 0.2) is 0 Å². The smallest absolute Gasteiger partial charge is 0.0816 e. The summed E-state index contributed by atoms with van der Waals surface area (Å²) in [5, 5.41) is 4.48. The van der Waals surface area contributed by atoms with Crippen LogP contribution in [0.15, 0.2) is 36.5 Å². The minimum Gasteiger partial charge on any atom is -0.377 e. The third kappa shape index (κ3) is 2.37. The van der Waals surface area contributed by atoms with Crippen LogP contribution in [0.25, 0.3) is 10.9 Å². The van der Waals surface area contributed by atoms with Crippen LogP contribution in [0.2, 0.25) is 0 Å². The molecule has 0 aliphatic heterocycles. The van der Waals surface area contributed by atoms with Crippen LogP contribution in [0, 0.1) is 0 Å². The predicted molar refractivity (Wildman–Crippen MR) is 74.6 cm³/mol. The largest absolute Gasteiger partial charge is 0.377 e. The Morgan fingerprint density at radius 1 is 1.28 bits per heavy atom. The van der Waals surface area contributed by atoms with Gasteiger partial charge in [-0.1, -0.05) is 12.1 Å². The van der Waals surface area contributed by atoms with Crippen molar-refractivity contribution in [2.45, 2.75) is 25.5 Å². The number of fused-ring (bicyclic) bond motifs is 1. The van der Waals surface area contributed by atoms with E-state index in [4.69, 9.17) is 4.74 Å². The molecule has 3 nitrogen and oxygen atoms in total. The summed E-state index contributed by atoms with van der Waals surface area (Å²) in [6.07, 6.45) is 1.82. The van der Waals surface area contributed by atoms with Gasteiger partial charge in [0.1, 0.15) is 0 Å². The zero-order valence-corrected chi connectivity index (χ0v) is 11.4. The van der Waals surface area contributed by atoms with E-state index >= 15 is 0 Å². The van der Waals surface area contributed by atoms with Crippen molar-refractivity contribution in [3.8, 4) is 0 Å². The number of nitrogens with one attached hydrogen (secondary N) is 1. The molecule has 3 heteroatoms. The molecule has 0 saturated heterocycles. The lowest BCUT2D eigenvalue weighted by molar-refractivity contribution is -0.00895. The van der Waals surface area contributed by atoms with E-state index in [2.05, 4.69) is 48.4 Å². The molecule has 1 N–H and O–H groups in total. The molecular formula is C15H20N2O. The molecule has 2 rings (SSSR count). The van der Waals surface area contributed by atoms with E-state index < -0.39 is 0 Å². The minimum absolute atomic E-state index is 0.145. The lowest BCUT2D eigenvalue weighted by atomic mass is 9.91. The summed E-state index contributed by atoms with van der Waals surface area (Å²) in [6, 6.07) is 10.5. The zero-order chi connectivity index (χ0) is 13.2. The summed E-state index contributed by atoms with van der Waals surface area (Å²) in [6.45, 7) is 4.17. The maximum Gasteiger partial charge on any atom is 0.0816 e. The fourth-order valence-corrected chi connectivity index (χ4v) is 2.31. The molecule has 0 bridgehead atoms. The summed E-state index contributed by atoms with van der Waals surface area (Å²) in [5.74, 6) is 0. The number of nitrogens with zero attached hydrogens (tertiary/aromatic N) is 1. The third-order valence-electron chi connectivity index (χ3n) is 3.47. The number of likely N-dealkylation sites (N-methyl/N-ethyl adjacent to an activating group) is 1. The molecule has 0 fully saturated rings. The summed E-state index contributed by atoms with van der Waals surface area (Å²) in [7, 11) is 3.70. The summed E-state index contributed by atoms with van der Waals surface area (Å²) < 4.78 is 5.58. The summed E-state index contributed by atoms with van der Waals surface area (Å²) >= 11 is 0. The SMILES string of the molecule is CNC(c1ccc2ncccc2c1)C(C)(C)OC. The van der Waals surface area contributed by atoms with Crippen LogP contribution < -0.4 is 5.32 Å². The molecule has 1 heterocycles. The molecule has 0 radical (unpaired) electrons. The minimum atomic E-state index is -0.259. The number of methoxy groups -OCH3 is 1. The Morgan fingerprint density at radius 2 is 2.06 bits per heavy atom. The lowest BCUT2D eigenvalue weighted by Gasteiger charge is -2.33. The lowest BCUT2D eigenvalue weighted by Crippen LogP contribution is -2.39. The van der Waals surface area contributed by atoms with Crippen molar-refractivity contribution in [3.63, 3.8) is 0 Å². The van der Waals surface area contributed by atoms with Gasteiger partial charge in [0.25, 0.3) is 0 Å². The van der Waals surface area contributed by atoms with Gasteiger partial charge in [-0.2, -0.15) is 0 Å². The van der Waals surface area contributed by atoms with Crippen molar-refractivity contribution in [2.75, 3.05) is 14.2 Å². The second kappa shape index (κ2) is 5.04. The molecule has 1 aromatic heterocycles. The third-order valence-corrected chi connectivity index (χ3v) is 3.47. The maximum atomic E-state index is 5.58. The van der Waals surface area contributed by atoms with Crippen molar-refractivity contribution in [3.05, 3.63) is 42.1 Å². The molecule has 1 atom stereocenters. The first kappa shape index (κ1) is 13.0. The molecule has 0 saturated carbocycles. The highest BCUT2D eigenvalue weighted by Gasteiger charge is 2.29. The second-order valence-corrected chi connectivity index (χ2v) is 4.98. The quantitative estimate of drug-likeness (QED) is 0.898. The van der Waals surface area contributed by atoms with E-state index in [0.29, 0.717) is 0 Å². The fourth-order valence-electron chi connectivity index (χ4n) is 2.31. The van der Waals surface area contributed by atoms with Gasteiger partial charge in [-0.3, -0.25) is 4.98 Å². The first-order valence-electron chi connectivity index (χ1n) is 6.15. The normalized spacial score (nSPS) is 13.8. The van der Waals surface area contributed by atoms with E-state index in [1.807, 2.05) is 19.3 Å². The molecule has 2 aromatic rings. The Balaban J connectivity index is 2.46. The van der Waals surface area contributed by atoms with Crippen molar-refractivity contribution in [1.82, 2.24) is 10.3 Å². The number of aromatic nitrogens is 1. The Morgan fingerprint density at radius 3 is 2.72 bits per heavy atom. The average molecular weight is 244 g/mol. The van der Waals surface area contributed by atoms with Gasteiger partial charge in [0.05, 0.1) is 17.2 Å². The molecule has 0 amide bonds. The van der Waals surface area contributed by atoms with Crippen molar-refractivity contribution < 1.29 is 4.74 Å². The van der Waals surface area contributed by atoms with Gasteiger partial charge in [-0.15, -0.1) is 0 Å². The molecule has 1 aromatic carbocycles. The number of rotatable bonds is 4. The van der Waals surface area contributed by atoms with Crippen LogP contribution in [0.5, 0.6) is 0 Å². The molecule has 0 aliphatic carbocycles. The standard InChI is InChI=1S/C15H20N2O/c1-15(2,18-4)14(16-3)12-7-8-13-11(10-12)6-5-9-17-13/h5-10,14,16H,1-4H3. The van der Waals surface area contributed by atoms with Crippen LogP contribution in [-0.2, 0) is 4.74 Å². The summed E-state index contributed by atoms with van der Waals surface area (Å²) in [5.41, 5.74) is 1.97. The number of pyridine rings is 1. The number of hydrogen-bond acceptors (Lipinski definition) is 3. The van der Waals surface area contributed by atoms with Gasteiger partial charge >= 0.3 is 0 Å². The van der Waals surface area contributed by atoms with E-state index in [1.165, 1.54) is 5.56 Å². The highest BCUT2D eigenvalue weighted by Crippen LogP contribution is 2.29. The highest BCUT2D eigenvalue weighted by molar-refractivity contribution is 5.79. The molecule has 1 unspecified atom stereocenters. The van der Waals surface area contributed by atoms with Crippen molar-refractivity contribution in [2.24, 2.45) is 0 Å². The monoisotopic (exact) mass is 244 g/mol. The number of benzene rings is 1. The zero-order valence-electron chi connectivity index (χ0n) is 11.4. The van der Waals surface area contributed by atoms with Crippen LogP contribution in [-0.4, -0.2) is 24.7 Å². The predicted octanol–water partition coefficient (Wildman–Crippen LogP) is 2.92. The second-order valence-electron chi connectivity index (χ2n) is 4.98. The van der Waals surface area contributed by atoms with Gasteiger partial charge in [0.2, 0.25) is 0 Å². The Kier molecular flexibility index (Phi) is 3.64. The van der Waals surface area contributed by atoms with E-state index in [1.54, 1.807) is 7.11 Å². The molecule has 0 aliphatic rings. The molecule has 18 heavy (non-hydrogen) atoms. The van der Waals surface area contributed by atoms with Crippen LogP contribution in [0.3, 0.4) is 0 Å². The van der Waals surface area contributed by atoms with Gasteiger partial charge in [-0.25, -0.2) is 0 Å². The van der Waals surface area contributed by atoms with E-state index in [0.717, 1.165) is 10.9 Å². The Bertz CT molecular complexity index is 537. The number of ether oxygens (including phenoxy) is 1. The van der Waals surface area contributed by atoms with Gasteiger partial charge in [-0.05, 0) is 44.7 Å². The van der Waals surface area contributed by atoms with Crippen LogP contribution in [0.1, 0.15) is 25.5 Å². The van der Waals surface area contributed by atoms with Crippen molar-refractivity contribution in [1.29, 1.82) is 0 Å². The first-order valence-corrected chi connectivity index (χ1v) is 6.15. The summed E-state index contributed by atoms with van der Waals surface area (Å²) in [4.78, 5) is 4.34. The molecular weight excluding hydrogens is 224 g/mol. The van der Waals surface area contributed by atoms with Crippen molar-refractivity contribution >= 4 is 10.9 Å². The van der Waals surface area contributed by atoms with Crippen LogP contribution >= 0.6 is 0 Å². The van der Waals surface area contributed by atoms with Crippen LogP contribution in [0.4, 0.5) is 0 Å². The van der Waals surface area contributed by atoms with E-state index in [9.17, 15) is 0 Å². The highest BCUT2D eigenvalue weighted by atomic mass is 16.5. The average Bonchev–Trinajstić information content (AvgIpc) is 2.39. The first-order chi connectivity index (χ1) is 8.58. The Hall–Kier alpha value is -1.45. The van der Waals surface area contributed by atoms with Gasteiger partial charge in [0, 0.05) is 18.7 Å². The molecule has 0 spiro atoms. The van der Waals surface area contributed by atoms with E-state index in [-0.39, 0.29) is 11.6 Å². The topological polar surface area (TPSA) is 34.2 Å². The molecule has 96 valence electrons. The number of hydrogen-bond donors (Lipinski definition) is 1. The fraction of sp³-hybridized carbons (Fsp3) is 0.400. The van der Waals surface area contributed by atoms with Gasteiger partial charge < -0.3 is 10.1 Å².